The minimum Gasteiger partial charge on any atom is -0.333 e. The van der Waals surface area contributed by atoms with E-state index in [2.05, 4.69) is 5.32 Å². The fourth-order valence-electron chi connectivity index (χ4n) is 2.19. The van der Waals surface area contributed by atoms with Crippen LogP contribution in [0.1, 0.15) is 24.2 Å². The predicted octanol–water partition coefficient (Wildman–Crippen LogP) is 2.21. The third-order valence-electron chi connectivity index (χ3n) is 3.40. The molecule has 1 amide bonds. The van der Waals surface area contributed by atoms with E-state index in [-0.39, 0.29) is 36.0 Å². The highest BCUT2D eigenvalue weighted by molar-refractivity contribution is 5.94. The summed E-state index contributed by atoms with van der Waals surface area (Å²) in [5.74, 6) is -1.78. The molecule has 2 unspecified atom stereocenters. The Hall–Kier alpha value is -1.20. The van der Waals surface area contributed by atoms with Crippen LogP contribution >= 0.6 is 12.4 Å². The molecule has 106 valence electrons. The second kappa shape index (κ2) is 6.30. The van der Waals surface area contributed by atoms with Crippen molar-refractivity contribution < 1.29 is 13.6 Å². The van der Waals surface area contributed by atoms with Gasteiger partial charge in [0.2, 0.25) is 0 Å². The van der Waals surface area contributed by atoms with E-state index in [1.54, 1.807) is 4.90 Å². The molecular weight excluding hydrogens is 274 g/mol. The number of hydrogen-bond acceptors (Lipinski definition) is 2. The normalized spacial score (nSPS) is 22.8. The van der Waals surface area contributed by atoms with Crippen molar-refractivity contribution >= 4 is 18.3 Å². The van der Waals surface area contributed by atoms with Gasteiger partial charge in [-0.3, -0.25) is 4.79 Å². The van der Waals surface area contributed by atoms with Gasteiger partial charge in [0.15, 0.2) is 0 Å². The smallest absolute Gasteiger partial charge is 0.254 e. The van der Waals surface area contributed by atoms with Gasteiger partial charge in [-0.2, -0.15) is 0 Å². The van der Waals surface area contributed by atoms with Crippen LogP contribution in [-0.4, -0.2) is 36.0 Å². The van der Waals surface area contributed by atoms with Crippen LogP contribution < -0.4 is 5.32 Å². The molecular formula is C13H17ClF2N2O. The van der Waals surface area contributed by atoms with Crippen molar-refractivity contribution in [2.45, 2.75) is 25.9 Å². The van der Waals surface area contributed by atoms with Crippen LogP contribution in [0.2, 0.25) is 0 Å². The van der Waals surface area contributed by atoms with Crippen molar-refractivity contribution in [1.29, 1.82) is 0 Å². The van der Waals surface area contributed by atoms with Gasteiger partial charge in [-0.15, -0.1) is 12.4 Å². The maximum Gasteiger partial charge on any atom is 0.254 e. The van der Waals surface area contributed by atoms with Gasteiger partial charge in [0.05, 0.1) is 0 Å². The molecule has 1 aliphatic rings. The monoisotopic (exact) mass is 290 g/mol. The summed E-state index contributed by atoms with van der Waals surface area (Å²) in [5, 5.41) is 3.25. The van der Waals surface area contributed by atoms with E-state index in [1.807, 2.05) is 13.8 Å². The Bertz CT molecular complexity index is 450. The van der Waals surface area contributed by atoms with E-state index in [0.29, 0.717) is 13.1 Å². The van der Waals surface area contributed by atoms with Gasteiger partial charge >= 0.3 is 0 Å². The summed E-state index contributed by atoms with van der Waals surface area (Å²) < 4.78 is 26.2. The molecule has 1 fully saturated rings. The highest BCUT2D eigenvalue weighted by Crippen LogP contribution is 2.15. The highest BCUT2D eigenvalue weighted by Gasteiger charge is 2.29. The fraction of sp³-hybridized carbons (Fsp3) is 0.462. The van der Waals surface area contributed by atoms with Gasteiger partial charge in [-0.05, 0) is 26.0 Å². The molecule has 0 bridgehead atoms. The molecule has 0 saturated carbocycles. The summed E-state index contributed by atoms with van der Waals surface area (Å²) in [6, 6.07) is 3.08. The molecule has 1 aromatic rings. The first-order valence-electron chi connectivity index (χ1n) is 5.99. The summed E-state index contributed by atoms with van der Waals surface area (Å²) in [5.41, 5.74) is 0.0634. The number of nitrogens with zero attached hydrogens (tertiary/aromatic N) is 1. The summed E-state index contributed by atoms with van der Waals surface area (Å²) in [6.07, 6.45) is 0. The zero-order valence-electron chi connectivity index (χ0n) is 10.8. The van der Waals surface area contributed by atoms with Gasteiger partial charge in [0, 0.05) is 36.8 Å². The van der Waals surface area contributed by atoms with Gasteiger partial charge in [-0.25, -0.2) is 8.78 Å². The first-order valence-corrected chi connectivity index (χ1v) is 5.99. The molecule has 1 aromatic carbocycles. The summed E-state index contributed by atoms with van der Waals surface area (Å²) in [6.45, 7) is 5.14. The van der Waals surface area contributed by atoms with Gasteiger partial charge in [0.25, 0.3) is 5.91 Å². The molecule has 3 nitrogen and oxygen atoms in total. The topological polar surface area (TPSA) is 32.3 Å². The van der Waals surface area contributed by atoms with Crippen LogP contribution in [0.4, 0.5) is 8.78 Å². The molecule has 0 aliphatic carbocycles. The number of halogens is 3. The van der Waals surface area contributed by atoms with Crippen molar-refractivity contribution in [2.24, 2.45) is 0 Å². The van der Waals surface area contributed by atoms with Crippen LogP contribution in [0.15, 0.2) is 18.2 Å². The molecule has 1 heterocycles. The third kappa shape index (κ3) is 3.42. The summed E-state index contributed by atoms with van der Waals surface area (Å²) in [7, 11) is 0. The lowest BCUT2D eigenvalue weighted by atomic mass is 10.1. The number of benzene rings is 1. The number of amides is 1. The van der Waals surface area contributed by atoms with Gasteiger partial charge in [0.1, 0.15) is 11.6 Å². The lowest BCUT2D eigenvalue weighted by Crippen LogP contribution is -2.57. The zero-order valence-corrected chi connectivity index (χ0v) is 11.6. The predicted molar refractivity (Wildman–Crippen MR) is 71.6 cm³/mol. The number of carbonyl (C=O) groups excluding carboxylic acids is 1. The standard InChI is InChI=1S/C13H16F2N2O.ClH/c1-8-9(2)17(4-3-16-8)13(18)10-5-11(14)7-12(15)6-10;/h5-9,16H,3-4H2,1-2H3;1H. The molecule has 2 rings (SSSR count). The van der Waals surface area contributed by atoms with Crippen molar-refractivity contribution in [3.05, 3.63) is 35.4 Å². The van der Waals surface area contributed by atoms with Crippen LogP contribution in [-0.2, 0) is 0 Å². The Balaban J connectivity index is 0.00000180. The Morgan fingerprint density at radius 1 is 1.26 bits per heavy atom. The Morgan fingerprint density at radius 2 is 1.84 bits per heavy atom. The van der Waals surface area contributed by atoms with E-state index in [0.717, 1.165) is 18.2 Å². The Labute approximate surface area is 117 Å². The SMILES string of the molecule is CC1NCCN(C(=O)c2cc(F)cc(F)c2)C1C.Cl. The lowest BCUT2D eigenvalue weighted by molar-refractivity contribution is 0.0602. The fourth-order valence-corrected chi connectivity index (χ4v) is 2.19. The van der Waals surface area contributed by atoms with Crippen molar-refractivity contribution in [1.82, 2.24) is 10.2 Å². The first-order chi connectivity index (χ1) is 8.49. The van der Waals surface area contributed by atoms with Gasteiger partial charge in [-0.1, -0.05) is 0 Å². The molecule has 2 atom stereocenters. The van der Waals surface area contributed by atoms with E-state index in [4.69, 9.17) is 0 Å². The molecule has 1 N–H and O–H groups in total. The van der Waals surface area contributed by atoms with Crippen LogP contribution in [0, 0.1) is 11.6 Å². The average molecular weight is 291 g/mol. The minimum absolute atomic E-state index is 0. The first kappa shape index (κ1) is 15.9. The van der Waals surface area contributed by atoms with E-state index >= 15 is 0 Å². The zero-order chi connectivity index (χ0) is 13.3. The number of rotatable bonds is 1. The molecule has 1 saturated heterocycles. The molecule has 0 radical (unpaired) electrons. The maximum atomic E-state index is 13.1. The summed E-state index contributed by atoms with van der Waals surface area (Å²) >= 11 is 0. The molecule has 1 aliphatic heterocycles. The number of carbonyl (C=O) groups is 1. The number of hydrogen-bond donors (Lipinski definition) is 1. The van der Waals surface area contributed by atoms with E-state index in [9.17, 15) is 13.6 Å². The molecule has 0 spiro atoms. The van der Waals surface area contributed by atoms with Crippen LogP contribution in [0.3, 0.4) is 0 Å². The largest absolute Gasteiger partial charge is 0.333 e. The third-order valence-corrected chi connectivity index (χ3v) is 3.40. The maximum absolute atomic E-state index is 13.1. The molecule has 0 aromatic heterocycles. The quantitative estimate of drug-likeness (QED) is 0.860. The second-order valence-corrected chi connectivity index (χ2v) is 4.64. The molecule has 6 heteroatoms. The van der Waals surface area contributed by atoms with Crippen LogP contribution in [0.25, 0.3) is 0 Å². The lowest BCUT2D eigenvalue weighted by Gasteiger charge is -2.38. The Kier molecular flexibility index (Phi) is 5.26. The second-order valence-electron chi connectivity index (χ2n) is 4.64. The molecule has 19 heavy (non-hydrogen) atoms. The van der Waals surface area contributed by atoms with Crippen molar-refractivity contribution in [2.75, 3.05) is 13.1 Å². The van der Waals surface area contributed by atoms with E-state index < -0.39 is 11.6 Å². The highest BCUT2D eigenvalue weighted by atomic mass is 35.5. The van der Waals surface area contributed by atoms with Crippen molar-refractivity contribution in [3.63, 3.8) is 0 Å². The summed E-state index contributed by atoms with van der Waals surface area (Å²) in [4.78, 5) is 13.9. The Morgan fingerprint density at radius 3 is 2.42 bits per heavy atom. The van der Waals surface area contributed by atoms with Gasteiger partial charge < -0.3 is 10.2 Å². The number of piperazine rings is 1. The minimum atomic E-state index is -0.728. The van der Waals surface area contributed by atoms with E-state index in [1.165, 1.54) is 0 Å². The average Bonchev–Trinajstić information content (AvgIpc) is 2.30. The number of nitrogens with one attached hydrogen (secondary N) is 1. The van der Waals surface area contributed by atoms with Crippen molar-refractivity contribution in [3.8, 4) is 0 Å². The van der Waals surface area contributed by atoms with Crippen LogP contribution in [0.5, 0.6) is 0 Å².